The van der Waals surface area contributed by atoms with Crippen molar-refractivity contribution in [3.8, 4) is 5.75 Å². The van der Waals surface area contributed by atoms with Crippen molar-refractivity contribution in [2.75, 3.05) is 14.2 Å². The van der Waals surface area contributed by atoms with Gasteiger partial charge in [-0.3, -0.25) is 4.79 Å². The molecule has 98 valence electrons. The molecule has 0 bridgehead atoms. The number of rotatable bonds is 3. The van der Waals surface area contributed by atoms with E-state index in [0.29, 0.717) is 16.9 Å². The third-order valence-corrected chi connectivity index (χ3v) is 3.82. The van der Waals surface area contributed by atoms with E-state index in [1.165, 1.54) is 7.11 Å². The van der Waals surface area contributed by atoms with Gasteiger partial charge in [-0.15, -0.1) is 0 Å². The predicted molar refractivity (Wildman–Crippen MR) is 80.0 cm³/mol. The van der Waals surface area contributed by atoms with Crippen LogP contribution in [0.15, 0.2) is 35.3 Å². The molecule has 0 amide bonds. The van der Waals surface area contributed by atoms with E-state index in [2.05, 4.69) is 13.2 Å². The summed E-state index contributed by atoms with van der Waals surface area (Å²) in [5, 5.41) is 2.23. The molecule has 0 N–H and O–H groups in total. The molecule has 0 aliphatic heterocycles. The second-order valence-corrected chi connectivity index (χ2v) is 4.97. The molecule has 2 rings (SSSR count). The summed E-state index contributed by atoms with van der Waals surface area (Å²) >= 11 is 1.13. The molecule has 0 atom stereocenters. The minimum atomic E-state index is -0.0311. The molecule has 0 saturated carbocycles. The molecule has 0 aliphatic carbocycles. The highest BCUT2D eigenvalue weighted by Gasteiger charge is 2.04. The average molecular weight is 274 g/mol. The van der Waals surface area contributed by atoms with Crippen molar-refractivity contribution >= 4 is 34.8 Å². The first-order valence-corrected chi connectivity index (χ1v) is 6.43. The van der Waals surface area contributed by atoms with Crippen LogP contribution in [0, 0.1) is 0 Å². The maximum atomic E-state index is 12.1. The third-order valence-electron chi connectivity index (χ3n) is 2.83. The van der Waals surface area contributed by atoms with Gasteiger partial charge in [-0.1, -0.05) is 24.5 Å². The second-order valence-electron chi connectivity index (χ2n) is 3.96. The first-order valence-electron chi connectivity index (χ1n) is 5.61. The van der Waals surface area contributed by atoms with E-state index in [4.69, 9.17) is 9.47 Å². The van der Waals surface area contributed by atoms with E-state index < -0.39 is 0 Å². The average Bonchev–Trinajstić information content (AvgIpc) is 2.43. The lowest BCUT2D eigenvalue weighted by Crippen LogP contribution is -2.25. The van der Waals surface area contributed by atoms with Crippen LogP contribution >= 0.6 is 11.3 Å². The summed E-state index contributed by atoms with van der Waals surface area (Å²) in [4.78, 5) is 12.1. The monoisotopic (exact) mass is 274 g/mol. The lowest BCUT2D eigenvalue weighted by Gasteiger charge is -2.02. The number of benzene rings is 1. The summed E-state index contributed by atoms with van der Waals surface area (Å²) in [5.74, 6) is 1.16. The summed E-state index contributed by atoms with van der Waals surface area (Å²) in [5.41, 5.74) is 0. The van der Waals surface area contributed by atoms with Gasteiger partial charge < -0.3 is 9.47 Å². The Hall–Kier alpha value is -2.07. The van der Waals surface area contributed by atoms with Crippen molar-refractivity contribution < 1.29 is 9.47 Å². The number of ether oxygens (including phenoxy) is 2. The molecule has 1 aromatic heterocycles. The molecule has 1 heterocycles. The zero-order valence-electron chi connectivity index (χ0n) is 10.9. The maximum absolute atomic E-state index is 12.1. The highest BCUT2D eigenvalue weighted by Crippen LogP contribution is 2.15. The minimum absolute atomic E-state index is 0.0311. The topological polar surface area (TPSA) is 35.5 Å². The Morgan fingerprint density at radius 3 is 2.68 bits per heavy atom. The zero-order valence-corrected chi connectivity index (χ0v) is 11.7. The van der Waals surface area contributed by atoms with Crippen LogP contribution in [0.5, 0.6) is 5.75 Å². The van der Waals surface area contributed by atoms with Gasteiger partial charge in [0, 0.05) is 9.92 Å². The van der Waals surface area contributed by atoms with Crippen molar-refractivity contribution in [3.05, 3.63) is 49.8 Å². The van der Waals surface area contributed by atoms with Gasteiger partial charge in [0.05, 0.1) is 14.2 Å². The Morgan fingerprint density at radius 2 is 2.05 bits per heavy atom. The Labute approximate surface area is 114 Å². The van der Waals surface area contributed by atoms with Crippen LogP contribution in [0.1, 0.15) is 0 Å². The van der Waals surface area contributed by atoms with E-state index in [1.54, 1.807) is 19.3 Å². The van der Waals surface area contributed by atoms with Crippen LogP contribution in [-0.4, -0.2) is 14.2 Å². The Morgan fingerprint density at radius 1 is 1.32 bits per heavy atom. The lowest BCUT2D eigenvalue weighted by molar-refractivity contribution is 0.315. The normalized spacial score (nSPS) is 11.6. The molecule has 0 aliphatic rings. The van der Waals surface area contributed by atoms with E-state index in [1.807, 2.05) is 12.1 Å². The first kappa shape index (κ1) is 13.4. The van der Waals surface area contributed by atoms with E-state index in [9.17, 15) is 4.79 Å². The fraction of sp³-hybridized carbons (Fsp3) is 0.133. The minimum Gasteiger partial charge on any atom is -0.497 e. The van der Waals surface area contributed by atoms with Gasteiger partial charge in [0.15, 0.2) is 0 Å². The van der Waals surface area contributed by atoms with Gasteiger partial charge in [0.25, 0.3) is 0 Å². The molecule has 19 heavy (non-hydrogen) atoms. The quantitative estimate of drug-likeness (QED) is 0.798. The summed E-state index contributed by atoms with van der Waals surface area (Å²) in [6.07, 6.45) is 1.72. The van der Waals surface area contributed by atoms with Gasteiger partial charge in [-0.05, 0) is 34.9 Å². The Kier molecular flexibility index (Phi) is 3.71. The summed E-state index contributed by atoms with van der Waals surface area (Å²) in [6, 6.07) is 5.39. The summed E-state index contributed by atoms with van der Waals surface area (Å²) in [7, 11) is 3.11. The molecule has 2 aromatic rings. The molecule has 0 spiro atoms. The molecule has 3 nitrogen and oxygen atoms in total. The number of methoxy groups -OCH3 is 2. The molecule has 0 fully saturated rings. The first-order chi connectivity index (χ1) is 9.06. The maximum Gasteiger partial charge on any atom is 0.240 e. The highest BCUT2D eigenvalue weighted by atomic mass is 32.1. The molecular formula is C15H14O3S. The van der Waals surface area contributed by atoms with Gasteiger partial charge in [-0.25, -0.2) is 0 Å². The van der Waals surface area contributed by atoms with Gasteiger partial charge in [0.2, 0.25) is 4.74 Å². The Balaban J connectivity index is 2.85. The number of fused-ring (bicyclic) bond motifs is 1. The number of allylic oxidation sites excluding steroid dienone is 1. The molecular weight excluding hydrogens is 260 g/mol. The largest absolute Gasteiger partial charge is 0.497 e. The van der Waals surface area contributed by atoms with Crippen molar-refractivity contribution in [2.24, 2.45) is 0 Å². The highest BCUT2D eigenvalue weighted by molar-refractivity contribution is 7.07. The molecule has 0 saturated heterocycles. The van der Waals surface area contributed by atoms with Crippen molar-refractivity contribution in [3.63, 3.8) is 0 Å². The van der Waals surface area contributed by atoms with Crippen LogP contribution in [0.2, 0.25) is 0 Å². The third kappa shape index (κ3) is 2.53. The van der Waals surface area contributed by atoms with Crippen LogP contribution in [0.25, 0.3) is 23.4 Å². The fourth-order valence-electron chi connectivity index (χ4n) is 1.75. The van der Waals surface area contributed by atoms with Crippen molar-refractivity contribution in [1.82, 2.24) is 0 Å². The predicted octanol–water partition coefficient (Wildman–Crippen LogP) is 1.62. The second kappa shape index (κ2) is 5.28. The van der Waals surface area contributed by atoms with Crippen LogP contribution in [0.3, 0.4) is 0 Å². The van der Waals surface area contributed by atoms with E-state index >= 15 is 0 Å². The fourth-order valence-corrected chi connectivity index (χ4v) is 2.66. The van der Waals surface area contributed by atoms with Gasteiger partial charge in [0.1, 0.15) is 11.5 Å². The zero-order chi connectivity index (χ0) is 14.0. The van der Waals surface area contributed by atoms with Crippen LogP contribution in [0.4, 0.5) is 0 Å². The molecule has 0 radical (unpaired) electrons. The molecule has 1 aromatic carbocycles. The van der Waals surface area contributed by atoms with E-state index in [0.717, 1.165) is 26.5 Å². The van der Waals surface area contributed by atoms with Crippen LogP contribution in [-0.2, 0) is 4.74 Å². The van der Waals surface area contributed by atoms with Crippen molar-refractivity contribution in [1.29, 1.82) is 0 Å². The standard InChI is InChI=1S/C15H14O3S/c1-9(17-3)7-14-10(2)12-6-5-11(18-4)8-13(12)15(16)19-14/h5-8H,1-2H2,3-4H3/b14-7+. The molecule has 0 unspecified atom stereocenters. The van der Waals surface area contributed by atoms with Crippen LogP contribution < -0.4 is 19.2 Å². The Bertz CT molecular complexity index is 802. The SMILES string of the molecule is C=C(/C=c1/sc(=O)c2cc(OC)ccc2c1=C)OC. The molecule has 4 heteroatoms. The van der Waals surface area contributed by atoms with Gasteiger partial charge in [-0.2, -0.15) is 0 Å². The number of hydrogen-bond acceptors (Lipinski definition) is 4. The summed E-state index contributed by atoms with van der Waals surface area (Å²) < 4.78 is 10.9. The summed E-state index contributed by atoms with van der Waals surface area (Å²) in [6.45, 7) is 7.76. The lowest BCUT2D eigenvalue weighted by atomic mass is 10.1. The smallest absolute Gasteiger partial charge is 0.240 e. The van der Waals surface area contributed by atoms with Crippen molar-refractivity contribution in [2.45, 2.75) is 0 Å². The van der Waals surface area contributed by atoms with E-state index in [-0.39, 0.29) is 4.74 Å². The number of hydrogen-bond donors (Lipinski definition) is 0. The van der Waals surface area contributed by atoms with Gasteiger partial charge >= 0.3 is 0 Å².